The van der Waals surface area contributed by atoms with Crippen molar-refractivity contribution < 1.29 is 4.79 Å². The Morgan fingerprint density at radius 1 is 1.00 bits per heavy atom. The standard InChI is InChI=1S/C21H24BrNO/c1-20(2,3)23-19(24)21(4,5)16-11-10-14-12-13-8-6-7-9-15(13)17(14)18(16)22/h6-11H,12H2,1-5H3,(H,23,24). The van der Waals surface area contributed by atoms with Gasteiger partial charge in [-0.3, -0.25) is 4.79 Å². The molecule has 1 amide bonds. The molecule has 1 aliphatic rings. The van der Waals surface area contributed by atoms with Gasteiger partial charge in [0.2, 0.25) is 5.91 Å². The molecule has 3 rings (SSSR count). The van der Waals surface area contributed by atoms with Gasteiger partial charge in [0.15, 0.2) is 0 Å². The Hall–Kier alpha value is -1.61. The second kappa shape index (κ2) is 5.73. The van der Waals surface area contributed by atoms with Crippen molar-refractivity contribution >= 4 is 21.8 Å². The van der Waals surface area contributed by atoms with Gasteiger partial charge in [0, 0.05) is 10.0 Å². The zero-order valence-corrected chi connectivity index (χ0v) is 16.5. The van der Waals surface area contributed by atoms with E-state index < -0.39 is 5.41 Å². The second-order valence-electron chi connectivity index (χ2n) is 8.12. The van der Waals surface area contributed by atoms with Gasteiger partial charge in [-0.1, -0.05) is 36.4 Å². The minimum atomic E-state index is -0.612. The van der Waals surface area contributed by atoms with Crippen molar-refractivity contribution in [1.82, 2.24) is 5.32 Å². The van der Waals surface area contributed by atoms with Crippen molar-refractivity contribution in [1.29, 1.82) is 0 Å². The summed E-state index contributed by atoms with van der Waals surface area (Å²) in [4.78, 5) is 12.8. The molecule has 0 radical (unpaired) electrons. The van der Waals surface area contributed by atoms with E-state index in [4.69, 9.17) is 0 Å². The molecule has 0 saturated carbocycles. The molecule has 0 aromatic heterocycles. The summed E-state index contributed by atoms with van der Waals surface area (Å²) >= 11 is 3.81. The van der Waals surface area contributed by atoms with Crippen molar-refractivity contribution in [3.05, 3.63) is 57.6 Å². The molecule has 0 spiro atoms. The van der Waals surface area contributed by atoms with E-state index >= 15 is 0 Å². The fourth-order valence-electron chi connectivity index (χ4n) is 3.28. The lowest BCUT2D eigenvalue weighted by molar-refractivity contribution is -0.127. The van der Waals surface area contributed by atoms with Crippen LogP contribution in [0.25, 0.3) is 11.1 Å². The first-order valence-corrected chi connectivity index (χ1v) is 9.13. The number of benzene rings is 2. The number of nitrogens with one attached hydrogen (secondary N) is 1. The van der Waals surface area contributed by atoms with Crippen LogP contribution in [0.4, 0.5) is 0 Å². The molecule has 3 heteroatoms. The molecule has 24 heavy (non-hydrogen) atoms. The van der Waals surface area contributed by atoms with Crippen molar-refractivity contribution in [2.24, 2.45) is 0 Å². The fraction of sp³-hybridized carbons (Fsp3) is 0.381. The van der Waals surface area contributed by atoms with E-state index in [-0.39, 0.29) is 11.4 Å². The fourth-order valence-corrected chi connectivity index (χ4v) is 4.38. The van der Waals surface area contributed by atoms with Gasteiger partial charge in [-0.2, -0.15) is 0 Å². The van der Waals surface area contributed by atoms with Crippen LogP contribution in [0.5, 0.6) is 0 Å². The normalized spacial score (nSPS) is 13.4. The van der Waals surface area contributed by atoms with E-state index in [0.717, 1.165) is 16.5 Å². The first kappa shape index (κ1) is 17.2. The Balaban J connectivity index is 2.08. The number of hydrogen-bond donors (Lipinski definition) is 1. The Kier molecular flexibility index (Phi) is 4.11. The number of rotatable bonds is 2. The zero-order chi connectivity index (χ0) is 17.7. The van der Waals surface area contributed by atoms with Crippen LogP contribution in [-0.2, 0) is 16.6 Å². The van der Waals surface area contributed by atoms with Crippen LogP contribution in [0.2, 0.25) is 0 Å². The molecule has 0 atom stereocenters. The number of carbonyl (C=O) groups excluding carboxylic acids is 1. The molecule has 1 aliphatic carbocycles. The summed E-state index contributed by atoms with van der Waals surface area (Å²) in [5.74, 6) is 0.0435. The van der Waals surface area contributed by atoms with Crippen LogP contribution in [0.15, 0.2) is 40.9 Å². The third kappa shape index (κ3) is 2.90. The van der Waals surface area contributed by atoms with Gasteiger partial charge in [0.25, 0.3) is 0 Å². The minimum Gasteiger partial charge on any atom is -0.351 e. The van der Waals surface area contributed by atoms with E-state index in [0.29, 0.717) is 0 Å². The monoisotopic (exact) mass is 385 g/mol. The van der Waals surface area contributed by atoms with Gasteiger partial charge in [-0.15, -0.1) is 0 Å². The highest BCUT2D eigenvalue weighted by atomic mass is 79.9. The van der Waals surface area contributed by atoms with Gasteiger partial charge in [-0.05, 0) is 84.8 Å². The van der Waals surface area contributed by atoms with Crippen LogP contribution < -0.4 is 5.32 Å². The average Bonchev–Trinajstić information content (AvgIpc) is 2.84. The molecule has 0 saturated heterocycles. The Morgan fingerprint density at radius 2 is 1.67 bits per heavy atom. The maximum absolute atomic E-state index is 12.8. The highest BCUT2D eigenvalue weighted by Gasteiger charge is 2.35. The van der Waals surface area contributed by atoms with Gasteiger partial charge in [0.05, 0.1) is 5.41 Å². The van der Waals surface area contributed by atoms with Gasteiger partial charge in [0.1, 0.15) is 0 Å². The number of halogens is 1. The number of hydrogen-bond acceptors (Lipinski definition) is 1. The van der Waals surface area contributed by atoms with E-state index in [2.05, 4.69) is 57.6 Å². The Morgan fingerprint density at radius 3 is 2.33 bits per heavy atom. The zero-order valence-electron chi connectivity index (χ0n) is 15.0. The molecule has 1 N–H and O–H groups in total. The number of fused-ring (bicyclic) bond motifs is 3. The SMILES string of the molecule is CC(C)(C)NC(=O)C(C)(C)c1ccc2c(c1Br)-c1ccccc1C2. The average molecular weight is 386 g/mol. The van der Waals surface area contributed by atoms with Crippen molar-refractivity contribution in [2.45, 2.75) is 52.0 Å². The van der Waals surface area contributed by atoms with Gasteiger partial charge >= 0.3 is 0 Å². The summed E-state index contributed by atoms with van der Waals surface area (Å²) in [6.07, 6.45) is 0.957. The molecule has 0 fully saturated rings. The van der Waals surface area contributed by atoms with Gasteiger partial charge < -0.3 is 5.32 Å². The molecule has 0 bridgehead atoms. The molecule has 2 aromatic rings. The first-order valence-electron chi connectivity index (χ1n) is 8.34. The highest BCUT2D eigenvalue weighted by Crippen LogP contribution is 2.45. The Labute approximate surface area is 152 Å². The first-order chi connectivity index (χ1) is 11.1. The highest BCUT2D eigenvalue weighted by molar-refractivity contribution is 9.10. The molecular weight excluding hydrogens is 362 g/mol. The lowest BCUT2D eigenvalue weighted by Crippen LogP contribution is -2.49. The van der Waals surface area contributed by atoms with E-state index in [9.17, 15) is 4.79 Å². The van der Waals surface area contributed by atoms with Crippen molar-refractivity contribution in [3.63, 3.8) is 0 Å². The van der Waals surface area contributed by atoms with Gasteiger partial charge in [-0.25, -0.2) is 0 Å². The van der Waals surface area contributed by atoms with Crippen molar-refractivity contribution in [3.8, 4) is 11.1 Å². The maximum atomic E-state index is 12.8. The number of amides is 1. The Bertz CT molecular complexity index is 815. The molecule has 0 aliphatic heterocycles. The van der Waals surface area contributed by atoms with Crippen LogP contribution in [0, 0.1) is 0 Å². The summed E-state index contributed by atoms with van der Waals surface area (Å²) in [6, 6.07) is 12.8. The van der Waals surface area contributed by atoms with E-state index in [1.807, 2.05) is 34.6 Å². The maximum Gasteiger partial charge on any atom is 0.230 e. The molecule has 2 nitrogen and oxygen atoms in total. The van der Waals surface area contributed by atoms with E-state index in [1.54, 1.807) is 0 Å². The minimum absolute atomic E-state index is 0.0435. The summed E-state index contributed by atoms with van der Waals surface area (Å²) < 4.78 is 1.04. The van der Waals surface area contributed by atoms with Crippen LogP contribution in [-0.4, -0.2) is 11.4 Å². The molecule has 0 unspecified atom stereocenters. The second-order valence-corrected chi connectivity index (χ2v) is 8.92. The quantitative estimate of drug-likeness (QED) is 0.644. The lowest BCUT2D eigenvalue weighted by Gasteiger charge is -2.31. The molecular formula is C21H24BrNO. The summed E-state index contributed by atoms with van der Waals surface area (Å²) in [7, 11) is 0. The van der Waals surface area contributed by atoms with E-state index in [1.165, 1.54) is 22.3 Å². The van der Waals surface area contributed by atoms with Crippen LogP contribution >= 0.6 is 15.9 Å². The lowest BCUT2D eigenvalue weighted by atomic mass is 9.81. The molecule has 0 heterocycles. The summed E-state index contributed by atoms with van der Waals surface area (Å²) in [5.41, 5.74) is 5.34. The summed E-state index contributed by atoms with van der Waals surface area (Å²) in [6.45, 7) is 10.0. The van der Waals surface area contributed by atoms with Crippen LogP contribution in [0.1, 0.15) is 51.3 Å². The third-order valence-corrected chi connectivity index (χ3v) is 5.45. The van der Waals surface area contributed by atoms with Crippen molar-refractivity contribution in [2.75, 3.05) is 0 Å². The predicted octanol–water partition coefficient (Wildman–Crippen LogP) is 5.21. The smallest absolute Gasteiger partial charge is 0.230 e. The predicted molar refractivity (Wildman–Crippen MR) is 103 cm³/mol. The molecule has 2 aromatic carbocycles. The largest absolute Gasteiger partial charge is 0.351 e. The topological polar surface area (TPSA) is 29.1 Å². The summed E-state index contributed by atoms with van der Waals surface area (Å²) in [5, 5.41) is 3.11. The molecule has 126 valence electrons. The van der Waals surface area contributed by atoms with Crippen LogP contribution in [0.3, 0.4) is 0 Å². The third-order valence-electron chi connectivity index (χ3n) is 4.63. The number of carbonyl (C=O) groups is 1.